The van der Waals surface area contributed by atoms with Gasteiger partial charge in [0.25, 0.3) is 5.91 Å². The number of hydrogen-bond acceptors (Lipinski definition) is 3. The number of amides is 1. The summed E-state index contributed by atoms with van der Waals surface area (Å²) in [5.41, 5.74) is 3.49. The third-order valence-corrected chi connectivity index (χ3v) is 6.86. The molecule has 0 saturated heterocycles. The quantitative estimate of drug-likeness (QED) is 0.203. The van der Waals surface area contributed by atoms with E-state index in [1.165, 1.54) is 0 Å². The molecule has 1 N–H and O–H groups in total. The molecule has 1 heterocycles. The third-order valence-electron chi connectivity index (χ3n) is 4.92. The molecule has 0 aliphatic heterocycles. The lowest BCUT2D eigenvalue weighted by molar-refractivity contribution is 0.102. The molecule has 5 aromatic rings. The van der Waals surface area contributed by atoms with Gasteiger partial charge in [-0.3, -0.25) is 4.79 Å². The van der Waals surface area contributed by atoms with Crippen molar-refractivity contribution >= 4 is 90.2 Å². The number of halogens is 3. The Kier molecular flexibility index (Phi) is 5.61. The van der Waals surface area contributed by atoms with Crippen LogP contribution in [0, 0.1) is 7.14 Å². The molecule has 0 fully saturated rings. The van der Waals surface area contributed by atoms with Crippen LogP contribution in [0.15, 0.2) is 77.2 Å². The SMILES string of the molecule is O=C(Nc1ccc2oc(-c3cccc4c(Cl)cccc34)nc2c1)c1cc(I)ccc1I. The van der Waals surface area contributed by atoms with Gasteiger partial charge in [0, 0.05) is 28.8 Å². The number of rotatable bonds is 3. The van der Waals surface area contributed by atoms with E-state index in [2.05, 4.69) is 55.5 Å². The lowest BCUT2D eigenvalue weighted by Gasteiger charge is -2.07. The van der Waals surface area contributed by atoms with Gasteiger partial charge in [-0.15, -0.1) is 0 Å². The Morgan fingerprint density at radius 2 is 1.74 bits per heavy atom. The number of carbonyl (C=O) groups is 1. The van der Waals surface area contributed by atoms with Crippen LogP contribution in [0.1, 0.15) is 10.4 Å². The second-order valence-corrected chi connectivity index (χ2v) is 9.74. The molecule has 1 amide bonds. The maximum Gasteiger partial charge on any atom is 0.256 e. The Morgan fingerprint density at radius 3 is 2.61 bits per heavy atom. The topological polar surface area (TPSA) is 55.1 Å². The summed E-state index contributed by atoms with van der Waals surface area (Å²) in [4.78, 5) is 17.4. The van der Waals surface area contributed by atoms with Gasteiger partial charge in [-0.05, 0) is 99.1 Å². The van der Waals surface area contributed by atoms with Crippen molar-refractivity contribution in [1.82, 2.24) is 4.98 Å². The van der Waals surface area contributed by atoms with E-state index in [9.17, 15) is 4.79 Å². The normalized spacial score (nSPS) is 11.2. The average molecular weight is 651 g/mol. The molecule has 0 aliphatic carbocycles. The van der Waals surface area contributed by atoms with E-state index in [4.69, 9.17) is 16.0 Å². The van der Waals surface area contributed by atoms with E-state index in [0.717, 1.165) is 23.5 Å². The summed E-state index contributed by atoms with van der Waals surface area (Å²) in [6, 6.07) is 22.9. The highest BCUT2D eigenvalue weighted by molar-refractivity contribution is 14.1. The number of fused-ring (bicyclic) bond motifs is 2. The van der Waals surface area contributed by atoms with Crippen LogP contribution < -0.4 is 5.32 Å². The second kappa shape index (κ2) is 8.40. The number of nitrogens with zero attached hydrogens (tertiary/aromatic N) is 1. The first-order valence-electron chi connectivity index (χ1n) is 9.34. The number of benzene rings is 4. The standard InChI is InChI=1S/C24H13ClI2N2O2/c25-19-6-2-3-15-16(19)4-1-5-17(15)24-29-21-12-14(8-10-22(21)31-24)28-23(30)18-11-13(26)7-9-20(18)27/h1-12H,(H,28,30). The zero-order valence-electron chi connectivity index (χ0n) is 15.8. The molecule has 4 aromatic carbocycles. The Morgan fingerprint density at radius 1 is 0.935 bits per heavy atom. The lowest BCUT2D eigenvalue weighted by atomic mass is 10.0. The van der Waals surface area contributed by atoms with Crippen molar-refractivity contribution < 1.29 is 9.21 Å². The van der Waals surface area contributed by atoms with Crippen LogP contribution in [0.3, 0.4) is 0 Å². The summed E-state index contributed by atoms with van der Waals surface area (Å²) in [7, 11) is 0. The molecular weight excluding hydrogens is 638 g/mol. The minimum absolute atomic E-state index is 0.158. The highest BCUT2D eigenvalue weighted by Crippen LogP contribution is 2.34. The van der Waals surface area contributed by atoms with E-state index in [0.29, 0.717) is 33.3 Å². The maximum absolute atomic E-state index is 12.8. The third kappa shape index (κ3) is 4.04. The van der Waals surface area contributed by atoms with Gasteiger partial charge in [0.2, 0.25) is 5.89 Å². The number of anilines is 1. The first-order chi connectivity index (χ1) is 15.0. The Hall–Kier alpha value is -2.17. The van der Waals surface area contributed by atoms with E-state index in [1.54, 1.807) is 0 Å². The summed E-state index contributed by atoms with van der Waals surface area (Å²) in [6.45, 7) is 0. The van der Waals surface area contributed by atoms with Crippen molar-refractivity contribution in [2.24, 2.45) is 0 Å². The van der Waals surface area contributed by atoms with Gasteiger partial charge in [0.1, 0.15) is 5.52 Å². The van der Waals surface area contributed by atoms with Crippen LogP contribution in [0.25, 0.3) is 33.3 Å². The van der Waals surface area contributed by atoms with E-state index >= 15 is 0 Å². The molecule has 0 radical (unpaired) electrons. The Bertz CT molecular complexity index is 1480. The molecule has 7 heteroatoms. The van der Waals surface area contributed by atoms with E-state index < -0.39 is 0 Å². The number of nitrogens with one attached hydrogen (secondary N) is 1. The fraction of sp³-hybridized carbons (Fsp3) is 0. The second-order valence-electron chi connectivity index (χ2n) is 6.92. The van der Waals surface area contributed by atoms with Gasteiger partial charge in [0.05, 0.1) is 5.56 Å². The fourth-order valence-electron chi connectivity index (χ4n) is 3.45. The summed E-state index contributed by atoms with van der Waals surface area (Å²) in [5, 5.41) is 5.57. The van der Waals surface area contributed by atoms with Gasteiger partial charge in [-0.1, -0.05) is 35.9 Å². The van der Waals surface area contributed by atoms with Crippen LogP contribution in [0.2, 0.25) is 5.02 Å². The average Bonchev–Trinajstić information content (AvgIpc) is 3.18. The Balaban J connectivity index is 1.51. The van der Waals surface area contributed by atoms with Gasteiger partial charge >= 0.3 is 0 Å². The van der Waals surface area contributed by atoms with Crippen molar-refractivity contribution in [2.45, 2.75) is 0 Å². The molecule has 4 nitrogen and oxygen atoms in total. The number of oxazole rings is 1. The molecule has 152 valence electrons. The molecule has 0 bridgehead atoms. The van der Waals surface area contributed by atoms with Crippen molar-refractivity contribution in [3.05, 3.63) is 90.5 Å². The highest BCUT2D eigenvalue weighted by atomic mass is 127. The first kappa shape index (κ1) is 20.7. The van der Waals surface area contributed by atoms with Crippen molar-refractivity contribution in [2.75, 3.05) is 5.32 Å². The summed E-state index contributed by atoms with van der Waals surface area (Å²) in [6.07, 6.45) is 0. The molecule has 0 aliphatic rings. The molecule has 5 rings (SSSR count). The van der Waals surface area contributed by atoms with Crippen molar-refractivity contribution in [3.8, 4) is 11.5 Å². The zero-order valence-corrected chi connectivity index (χ0v) is 20.9. The van der Waals surface area contributed by atoms with E-state index in [-0.39, 0.29) is 5.91 Å². The number of aromatic nitrogens is 1. The van der Waals surface area contributed by atoms with Gasteiger partial charge in [0.15, 0.2) is 5.58 Å². The van der Waals surface area contributed by atoms with Crippen LogP contribution >= 0.6 is 56.8 Å². The van der Waals surface area contributed by atoms with E-state index in [1.807, 2.05) is 72.8 Å². The predicted molar refractivity (Wildman–Crippen MR) is 142 cm³/mol. The predicted octanol–water partition coefficient (Wildman–Crippen LogP) is 7.76. The van der Waals surface area contributed by atoms with Crippen molar-refractivity contribution in [3.63, 3.8) is 0 Å². The molecule has 0 spiro atoms. The molecule has 0 unspecified atom stereocenters. The molecular formula is C24H13ClI2N2O2. The largest absolute Gasteiger partial charge is 0.436 e. The van der Waals surface area contributed by atoms with Crippen LogP contribution in [-0.2, 0) is 0 Å². The molecule has 0 saturated carbocycles. The van der Waals surface area contributed by atoms with Gasteiger partial charge < -0.3 is 9.73 Å². The Labute approximate surface area is 210 Å². The maximum atomic E-state index is 12.8. The summed E-state index contributed by atoms with van der Waals surface area (Å²) >= 11 is 10.7. The number of carbonyl (C=O) groups excluding carboxylic acids is 1. The smallest absolute Gasteiger partial charge is 0.256 e. The lowest BCUT2D eigenvalue weighted by Crippen LogP contribution is -2.13. The number of hydrogen-bond donors (Lipinski definition) is 1. The zero-order chi connectivity index (χ0) is 21.5. The first-order valence-corrected chi connectivity index (χ1v) is 11.9. The van der Waals surface area contributed by atoms with Crippen molar-refractivity contribution in [1.29, 1.82) is 0 Å². The molecule has 0 atom stereocenters. The van der Waals surface area contributed by atoms with Crippen LogP contribution in [0.4, 0.5) is 5.69 Å². The van der Waals surface area contributed by atoms with Gasteiger partial charge in [-0.25, -0.2) is 4.98 Å². The molecule has 1 aromatic heterocycles. The summed E-state index contributed by atoms with van der Waals surface area (Å²) in [5.74, 6) is 0.355. The monoisotopic (exact) mass is 650 g/mol. The van der Waals surface area contributed by atoms with Gasteiger partial charge in [-0.2, -0.15) is 0 Å². The minimum atomic E-state index is -0.158. The fourth-order valence-corrected chi connectivity index (χ4v) is 4.76. The summed E-state index contributed by atoms with van der Waals surface area (Å²) < 4.78 is 7.92. The highest BCUT2D eigenvalue weighted by Gasteiger charge is 2.15. The van der Waals surface area contributed by atoms with Crippen LogP contribution in [0.5, 0.6) is 0 Å². The molecule has 31 heavy (non-hydrogen) atoms. The van der Waals surface area contributed by atoms with Crippen LogP contribution in [-0.4, -0.2) is 10.9 Å². The minimum Gasteiger partial charge on any atom is -0.436 e.